The molecular formula is C16H12ClNO2. The summed E-state index contributed by atoms with van der Waals surface area (Å²) in [5.41, 5.74) is 1.99. The van der Waals surface area contributed by atoms with Crippen LogP contribution in [0.1, 0.15) is 21.5 Å². The number of hydrogen-bond donors (Lipinski definition) is 0. The minimum absolute atomic E-state index is 0.00157. The van der Waals surface area contributed by atoms with Crippen molar-refractivity contribution in [1.29, 1.82) is 5.26 Å². The van der Waals surface area contributed by atoms with E-state index in [9.17, 15) is 4.79 Å². The number of ether oxygens (including phenoxy) is 1. The van der Waals surface area contributed by atoms with Crippen LogP contribution in [0.2, 0.25) is 5.02 Å². The second-order valence-corrected chi connectivity index (χ2v) is 4.67. The molecule has 0 radical (unpaired) electrons. The monoisotopic (exact) mass is 285 g/mol. The first-order chi connectivity index (χ1) is 9.69. The van der Waals surface area contributed by atoms with Gasteiger partial charge < -0.3 is 4.74 Å². The third-order valence-electron chi connectivity index (χ3n) is 2.73. The van der Waals surface area contributed by atoms with Crippen LogP contribution in [0, 0.1) is 11.3 Å². The summed E-state index contributed by atoms with van der Waals surface area (Å²) in [6.07, 6.45) is 0. The van der Waals surface area contributed by atoms with Crippen molar-refractivity contribution in [3.63, 3.8) is 0 Å². The van der Waals surface area contributed by atoms with Crippen molar-refractivity contribution in [2.24, 2.45) is 0 Å². The average Bonchev–Trinajstić information content (AvgIpc) is 2.47. The van der Waals surface area contributed by atoms with E-state index in [1.165, 1.54) is 0 Å². The van der Waals surface area contributed by atoms with Gasteiger partial charge in [0, 0.05) is 10.6 Å². The van der Waals surface area contributed by atoms with Gasteiger partial charge in [0.2, 0.25) is 0 Å². The van der Waals surface area contributed by atoms with Crippen LogP contribution in [-0.4, -0.2) is 12.4 Å². The van der Waals surface area contributed by atoms with E-state index in [0.717, 1.165) is 5.56 Å². The van der Waals surface area contributed by atoms with Crippen LogP contribution in [-0.2, 0) is 11.3 Å². The predicted octanol–water partition coefficient (Wildman–Crippen LogP) is 3.61. The van der Waals surface area contributed by atoms with Gasteiger partial charge in [0.05, 0.1) is 18.2 Å². The van der Waals surface area contributed by atoms with Crippen molar-refractivity contribution in [3.05, 3.63) is 70.2 Å². The van der Waals surface area contributed by atoms with E-state index >= 15 is 0 Å². The van der Waals surface area contributed by atoms with Crippen LogP contribution in [0.5, 0.6) is 0 Å². The zero-order valence-corrected chi connectivity index (χ0v) is 11.4. The number of nitrogens with zero attached hydrogens (tertiary/aromatic N) is 1. The number of ketones is 1. The molecule has 0 N–H and O–H groups in total. The van der Waals surface area contributed by atoms with Crippen LogP contribution < -0.4 is 0 Å². The zero-order chi connectivity index (χ0) is 14.4. The Bertz CT molecular complexity index is 644. The molecule has 0 atom stereocenters. The van der Waals surface area contributed by atoms with E-state index in [1.807, 2.05) is 18.2 Å². The van der Waals surface area contributed by atoms with Crippen LogP contribution in [0.15, 0.2) is 48.5 Å². The van der Waals surface area contributed by atoms with Crippen molar-refractivity contribution in [3.8, 4) is 6.07 Å². The molecule has 2 aromatic rings. The van der Waals surface area contributed by atoms with Gasteiger partial charge in [-0.2, -0.15) is 5.26 Å². The fraction of sp³-hybridized carbons (Fsp3) is 0.125. The van der Waals surface area contributed by atoms with Gasteiger partial charge in [-0.15, -0.1) is 0 Å². The molecule has 0 aliphatic rings. The Balaban J connectivity index is 1.87. The lowest BCUT2D eigenvalue weighted by Crippen LogP contribution is -2.09. The molecule has 3 nitrogen and oxygen atoms in total. The van der Waals surface area contributed by atoms with Gasteiger partial charge in [0.25, 0.3) is 0 Å². The van der Waals surface area contributed by atoms with Gasteiger partial charge in [-0.3, -0.25) is 4.79 Å². The third kappa shape index (κ3) is 3.92. The van der Waals surface area contributed by atoms with Gasteiger partial charge in [0.1, 0.15) is 6.61 Å². The normalized spacial score (nSPS) is 10.0. The second kappa shape index (κ2) is 6.85. The van der Waals surface area contributed by atoms with Gasteiger partial charge in [0.15, 0.2) is 5.78 Å². The first-order valence-corrected chi connectivity index (χ1v) is 6.42. The van der Waals surface area contributed by atoms with Gasteiger partial charge >= 0.3 is 0 Å². The number of halogens is 1. The highest BCUT2D eigenvalue weighted by molar-refractivity contribution is 6.30. The lowest BCUT2D eigenvalue weighted by Gasteiger charge is -2.04. The van der Waals surface area contributed by atoms with Crippen molar-refractivity contribution in [2.45, 2.75) is 6.61 Å². The summed E-state index contributed by atoms with van der Waals surface area (Å²) < 4.78 is 5.37. The highest BCUT2D eigenvalue weighted by Gasteiger charge is 2.06. The summed E-state index contributed by atoms with van der Waals surface area (Å²) in [6, 6.07) is 15.8. The van der Waals surface area contributed by atoms with Crippen LogP contribution >= 0.6 is 11.6 Å². The van der Waals surface area contributed by atoms with Crippen molar-refractivity contribution >= 4 is 17.4 Å². The largest absolute Gasteiger partial charge is 0.369 e. The Hall–Kier alpha value is -2.15. The number of carbonyl (C=O) groups excluding carboxylic acids is 1. The summed E-state index contributed by atoms with van der Waals surface area (Å²) >= 11 is 5.86. The van der Waals surface area contributed by atoms with E-state index in [2.05, 4.69) is 0 Å². The Morgan fingerprint density at radius 1 is 1.20 bits per heavy atom. The Labute approximate surface area is 122 Å². The maximum atomic E-state index is 11.9. The Morgan fingerprint density at radius 3 is 2.60 bits per heavy atom. The molecule has 2 rings (SSSR count). The number of nitriles is 1. The number of rotatable bonds is 5. The molecule has 0 fully saturated rings. The number of benzene rings is 2. The molecule has 0 aliphatic carbocycles. The number of carbonyl (C=O) groups is 1. The third-order valence-corrected chi connectivity index (χ3v) is 2.96. The number of Topliss-reactive ketones (excluding diaryl/α,β-unsaturated/α-hetero) is 1. The van der Waals surface area contributed by atoms with E-state index in [-0.39, 0.29) is 12.4 Å². The molecule has 0 bridgehead atoms. The fourth-order valence-electron chi connectivity index (χ4n) is 1.70. The molecule has 0 spiro atoms. The summed E-state index contributed by atoms with van der Waals surface area (Å²) in [5.74, 6) is -0.114. The molecule has 0 amide bonds. The first kappa shape index (κ1) is 14.3. The van der Waals surface area contributed by atoms with Crippen molar-refractivity contribution in [2.75, 3.05) is 6.61 Å². The molecule has 0 saturated heterocycles. The van der Waals surface area contributed by atoms with Gasteiger partial charge in [-0.05, 0) is 29.8 Å². The van der Waals surface area contributed by atoms with Crippen LogP contribution in [0.3, 0.4) is 0 Å². The van der Waals surface area contributed by atoms with E-state index in [0.29, 0.717) is 22.8 Å². The molecule has 2 aromatic carbocycles. The Morgan fingerprint density at radius 2 is 1.95 bits per heavy atom. The summed E-state index contributed by atoms with van der Waals surface area (Å²) in [5, 5.41) is 9.33. The minimum atomic E-state index is -0.114. The van der Waals surface area contributed by atoms with Crippen LogP contribution in [0.4, 0.5) is 0 Å². The van der Waals surface area contributed by atoms with E-state index < -0.39 is 0 Å². The summed E-state index contributed by atoms with van der Waals surface area (Å²) in [7, 11) is 0. The van der Waals surface area contributed by atoms with Crippen molar-refractivity contribution < 1.29 is 9.53 Å². The standard InChI is InChI=1S/C16H12ClNO2/c17-15-3-1-2-13(8-15)10-20-11-16(19)14-6-4-12(9-18)5-7-14/h1-8H,10-11H2. The molecule has 4 heteroatoms. The molecule has 100 valence electrons. The van der Waals surface area contributed by atoms with E-state index in [4.69, 9.17) is 21.6 Å². The maximum absolute atomic E-state index is 11.9. The maximum Gasteiger partial charge on any atom is 0.188 e. The van der Waals surface area contributed by atoms with Crippen molar-refractivity contribution in [1.82, 2.24) is 0 Å². The smallest absolute Gasteiger partial charge is 0.188 e. The Kier molecular flexibility index (Phi) is 4.89. The first-order valence-electron chi connectivity index (χ1n) is 6.04. The lowest BCUT2D eigenvalue weighted by atomic mass is 10.1. The van der Waals surface area contributed by atoms with E-state index in [1.54, 1.807) is 36.4 Å². The lowest BCUT2D eigenvalue weighted by molar-refractivity contribution is 0.0726. The molecule has 0 aliphatic heterocycles. The molecule has 0 unspecified atom stereocenters. The minimum Gasteiger partial charge on any atom is -0.369 e. The topological polar surface area (TPSA) is 50.1 Å². The number of hydrogen-bond acceptors (Lipinski definition) is 3. The molecule has 0 aromatic heterocycles. The molecule has 0 heterocycles. The highest BCUT2D eigenvalue weighted by atomic mass is 35.5. The quantitative estimate of drug-likeness (QED) is 0.789. The SMILES string of the molecule is N#Cc1ccc(C(=O)COCc2cccc(Cl)c2)cc1. The highest BCUT2D eigenvalue weighted by Crippen LogP contribution is 2.12. The summed E-state index contributed by atoms with van der Waals surface area (Å²) in [4.78, 5) is 11.9. The fourth-order valence-corrected chi connectivity index (χ4v) is 1.92. The predicted molar refractivity (Wildman–Crippen MR) is 76.6 cm³/mol. The van der Waals surface area contributed by atoms with Gasteiger partial charge in [-0.1, -0.05) is 35.9 Å². The summed E-state index contributed by atoms with van der Waals surface area (Å²) in [6.45, 7) is 0.334. The molecular weight excluding hydrogens is 274 g/mol. The van der Waals surface area contributed by atoms with Crippen LogP contribution in [0.25, 0.3) is 0 Å². The molecule has 0 saturated carbocycles. The average molecular weight is 286 g/mol. The molecule has 20 heavy (non-hydrogen) atoms. The zero-order valence-electron chi connectivity index (χ0n) is 10.7. The second-order valence-electron chi connectivity index (χ2n) is 4.24. The van der Waals surface area contributed by atoms with Gasteiger partial charge in [-0.25, -0.2) is 0 Å².